The van der Waals surface area contributed by atoms with Crippen LogP contribution in [-0.2, 0) is 17.8 Å². The number of hydrogen-bond donors (Lipinski definition) is 2. The Labute approximate surface area is 203 Å². The molecule has 34 heavy (non-hydrogen) atoms. The average Bonchev–Trinajstić information content (AvgIpc) is 3.52. The molecule has 0 aliphatic rings. The molecule has 1 unspecified atom stereocenters. The minimum atomic E-state index is -0.707. The molecule has 2 aromatic carbocycles. The number of carbonyl (C=O) groups excluding carboxylic acids is 2. The largest absolute Gasteiger partial charge is 0.339 e. The number of amides is 2. The first-order chi connectivity index (χ1) is 16.5. The van der Waals surface area contributed by atoms with Crippen LogP contribution in [0.3, 0.4) is 0 Å². The molecule has 2 amide bonds. The topological polar surface area (TPSA) is 76.0 Å². The molecule has 6 nitrogen and oxygen atoms in total. The first-order valence-corrected chi connectivity index (χ1v) is 12.2. The van der Waals surface area contributed by atoms with E-state index in [1.54, 1.807) is 6.07 Å². The minimum Gasteiger partial charge on any atom is -0.339 e. The van der Waals surface area contributed by atoms with Gasteiger partial charge in [-0.1, -0.05) is 62.4 Å². The number of hydrogen-bond acceptors (Lipinski definition) is 4. The zero-order chi connectivity index (χ0) is 23.9. The third-order valence-electron chi connectivity index (χ3n) is 5.46. The monoisotopic (exact) mass is 472 g/mol. The van der Waals surface area contributed by atoms with Gasteiger partial charge in [-0.15, -0.1) is 11.3 Å². The van der Waals surface area contributed by atoms with E-state index in [1.165, 1.54) is 11.3 Å². The molecule has 2 heterocycles. The fraction of sp³-hybridized carbons (Fsp3) is 0.222. The number of benzene rings is 2. The molecule has 0 radical (unpaired) electrons. The summed E-state index contributed by atoms with van der Waals surface area (Å²) in [4.78, 5) is 31.0. The molecule has 0 saturated carbocycles. The molecule has 174 valence electrons. The Kier molecular flexibility index (Phi) is 7.54. The summed E-state index contributed by atoms with van der Waals surface area (Å²) < 4.78 is 2.12. The lowest BCUT2D eigenvalue weighted by atomic mass is 10.0. The Hall–Kier alpha value is -3.71. The number of carbonyl (C=O) groups is 2. The van der Waals surface area contributed by atoms with Crippen LogP contribution in [0.4, 0.5) is 5.69 Å². The van der Waals surface area contributed by atoms with Gasteiger partial charge < -0.3 is 15.2 Å². The van der Waals surface area contributed by atoms with Crippen LogP contribution in [0.25, 0.3) is 0 Å². The summed E-state index contributed by atoms with van der Waals surface area (Å²) in [5.74, 6) is 0.842. The van der Waals surface area contributed by atoms with Crippen molar-refractivity contribution in [3.8, 4) is 0 Å². The van der Waals surface area contributed by atoms with E-state index in [9.17, 15) is 9.59 Å². The highest BCUT2D eigenvalue weighted by atomic mass is 32.1. The maximum atomic E-state index is 13.3. The molecule has 0 fully saturated rings. The van der Waals surface area contributed by atoms with Crippen LogP contribution in [0.5, 0.6) is 0 Å². The standard InChI is InChI=1S/C27H28N4O2S/c1-19(2)25-28-13-14-31(25)18-21-10-6-11-22(16-21)29-26(32)23(17-20-8-4-3-5-9-20)30-27(33)24-12-7-15-34-24/h3-16,19,23H,17-18H2,1-2H3,(H,29,32)(H,30,33). The average molecular weight is 473 g/mol. The minimum absolute atomic E-state index is 0.249. The molecule has 1 atom stereocenters. The third kappa shape index (κ3) is 5.99. The van der Waals surface area contributed by atoms with Gasteiger partial charge in [-0.25, -0.2) is 4.98 Å². The Morgan fingerprint density at radius 3 is 2.53 bits per heavy atom. The number of nitrogens with one attached hydrogen (secondary N) is 2. The van der Waals surface area contributed by atoms with Crippen LogP contribution in [0.1, 0.15) is 46.4 Å². The van der Waals surface area contributed by atoms with Crippen molar-refractivity contribution in [1.82, 2.24) is 14.9 Å². The third-order valence-corrected chi connectivity index (χ3v) is 6.33. The maximum absolute atomic E-state index is 13.3. The molecule has 0 spiro atoms. The molecule has 0 bridgehead atoms. The molecule has 4 aromatic rings. The van der Waals surface area contributed by atoms with Crippen LogP contribution in [-0.4, -0.2) is 27.4 Å². The Morgan fingerprint density at radius 1 is 1.00 bits per heavy atom. The Morgan fingerprint density at radius 2 is 1.79 bits per heavy atom. The van der Waals surface area contributed by atoms with Gasteiger partial charge in [-0.3, -0.25) is 9.59 Å². The molecule has 7 heteroatoms. The second kappa shape index (κ2) is 10.9. The SMILES string of the molecule is CC(C)c1nccn1Cc1cccc(NC(=O)C(Cc2ccccc2)NC(=O)c2cccs2)c1. The van der Waals surface area contributed by atoms with Crippen molar-refractivity contribution in [2.75, 3.05) is 5.32 Å². The van der Waals surface area contributed by atoms with E-state index in [0.29, 0.717) is 29.4 Å². The number of thiophene rings is 1. The summed E-state index contributed by atoms with van der Waals surface area (Å²) in [6.45, 7) is 4.90. The summed E-state index contributed by atoms with van der Waals surface area (Å²) in [5, 5.41) is 7.75. The second-order valence-corrected chi connectivity index (χ2v) is 9.40. The number of imidazole rings is 1. The van der Waals surface area contributed by atoms with E-state index >= 15 is 0 Å². The smallest absolute Gasteiger partial charge is 0.262 e. The second-order valence-electron chi connectivity index (χ2n) is 8.45. The number of nitrogens with zero attached hydrogens (tertiary/aromatic N) is 2. The molecular formula is C27H28N4O2S. The molecular weight excluding hydrogens is 444 g/mol. The van der Waals surface area contributed by atoms with Crippen molar-refractivity contribution in [3.63, 3.8) is 0 Å². The summed E-state index contributed by atoms with van der Waals surface area (Å²) in [5.41, 5.74) is 2.72. The van der Waals surface area contributed by atoms with Gasteiger partial charge in [0.2, 0.25) is 5.91 Å². The van der Waals surface area contributed by atoms with Crippen LogP contribution >= 0.6 is 11.3 Å². The molecule has 2 aromatic heterocycles. The van der Waals surface area contributed by atoms with Gasteiger partial charge in [0.15, 0.2) is 0 Å². The van der Waals surface area contributed by atoms with Crippen LogP contribution in [0.15, 0.2) is 84.5 Å². The van der Waals surface area contributed by atoms with Crippen molar-refractivity contribution in [3.05, 3.63) is 106 Å². The van der Waals surface area contributed by atoms with E-state index in [2.05, 4.69) is 34.0 Å². The van der Waals surface area contributed by atoms with Gasteiger partial charge in [-0.2, -0.15) is 0 Å². The van der Waals surface area contributed by atoms with E-state index in [-0.39, 0.29) is 11.8 Å². The van der Waals surface area contributed by atoms with Gasteiger partial charge in [0, 0.05) is 37.0 Å². The van der Waals surface area contributed by atoms with Crippen molar-refractivity contribution >= 4 is 28.8 Å². The molecule has 0 saturated heterocycles. The molecule has 0 aliphatic carbocycles. The Balaban J connectivity index is 1.49. The van der Waals surface area contributed by atoms with Gasteiger partial charge in [0.1, 0.15) is 11.9 Å². The predicted octanol–water partition coefficient (Wildman–Crippen LogP) is 5.10. The van der Waals surface area contributed by atoms with Crippen molar-refractivity contribution in [2.24, 2.45) is 0 Å². The fourth-order valence-corrected chi connectivity index (χ4v) is 4.45. The summed E-state index contributed by atoms with van der Waals surface area (Å²) >= 11 is 1.35. The normalized spacial score (nSPS) is 11.9. The zero-order valence-electron chi connectivity index (χ0n) is 19.3. The summed E-state index contributed by atoms with van der Waals surface area (Å²) in [6, 6.07) is 20.3. The molecule has 2 N–H and O–H groups in total. The summed E-state index contributed by atoms with van der Waals surface area (Å²) in [6.07, 6.45) is 4.18. The highest BCUT2D eigenvalue weighted by Crippen LogP contribution is 2.17. The fourth-order valence-electron chi connectivity index (χ4n) is 3.82. The molecule has 0 aliphatic heterocycles. The lowest BCUT2D eigenvalue weighted by Crippen LogP contribution is -2.45. The molecule has 4 rings (SSSR count). The van der Waals surface area contributed by atoms with E-state index in [0.717, 1.165) is 17.0 Å². The van der Waals surface area contributed by atoms with Crippen LogP contribution < -0.4 is 10.6 Å². The lowest BCUT2D eigenvalue weighted by Gasteiger charge is -2.19. The zero-order valence-corrected chi connectivity index (χ0v) is 20.1. The first kappa shape index (κ1) is 23.4. The van der Waals surface area contributed by atoms with Gasteiger partial charge in [0.05, 0.1) is 4.88 Å². The number of aromatic nitrogens is 2. The van der Waals surface area contributed by atoms with E-state index in [1.807, 2.05) is 78.4 Å². The van der Waals surface area contributed by atoms with Gasteiger partial charge in [-0.05, 0) is 34.7 Å². The maximum Gasteiger partial charge on any atom is 0.262 e. The predicted molar refractivity (Wildman–Crippen MR) is 136 cm³/mol. The van der Waals surface area contributed by atoms with Crippen LogP contribution in [0, 0.1) is 0 Å². The number of anilines is 1. The van der Waals surface area contributed by atoms with Crippen LogP contribution in [0.2, 0.25) is 0 Å². The quantitative estimate of drug-likeness (QED) is 0.356. The highest BCUT2D eigenvalue weighted by molar-refractivity contribution is 7.12. The van der Waals surface area contributed by atoms with Gasteiger partial charge in [0.25, 0.3) is 5.91 Å². The van der Waals surface area contributed by atoms with E-state index < -0.39 is 6.04 Å². The lowest BCUT2D eigenvalue weighted by molar-refractivity contribution is -0.118. The summed E-state index contributed by atoms with van der Waals surface area (Å²) in [7, 11) is 0. The van der Waals surface area contributed by atoms with Crippen molar-refractivity contribution < 1.29 is 9.59 Å². The van der Waals surface area contributed by atoms with Crippen molar-refractivity contribution in [2.45, 2.75) is 38.8 Å². The van der Waals surface area contributed by atoms with Crippen molar-refractivity contribution in [1.29, 1.82) is 0 Å². The van der Waals surface area contributed by atoms with E-state index in [4.69, 9.17) is 0 Å². The highest BCUT2D eigenvalue weighted by Gasteiger charge is 2.22. The van der Waals surface area contributed by atoms with Gasteiger partial charge >= 0.3 is 0 Å². The Bertz CT molecular complexity index is 1230. The first-order valence-electron chi connectivity index (χ1n) is 11.3. The number of rotatable bonds is 9.